The van der Waals surface area contributed by atoms with Crippen molar-refractivity contribution >= 4 is 11.9 Å². The van der Waals surface area contributed by atoms with Crippen molar-refractivity contribution in [1.82, 2.24) is 15.1 Å². The predicted molar refractivity (Wildman–Crippen MR) is 78.1 cm³/mol. The van der Waals surface area contributed by atoms with E-state index in [0.29, 0.717) is 5.69 Å². The molecule has 1 fully saturated rings. The Morgan fingerprint density at radius 2 is 2.05 bits per heavy atom. The van der Waals surface area contributed by atoms with E-state index in [9.17, 15) is 9.59 Å². The molecule has 6 heteroatoms. The predicted octanol–water partition coefficient (Wildman–Crippen LogP) is 1.89. The molecule has 2 rings (SSSR count). The molecule has 1 saturated carbocycles. The highest BCUT2D eigenvalue weighted by molar-refractivity contribution is 5.93. The molecule has 6 nitrogen and oxygen atoms in total. The number of amides is 1. The summed E-state index contributed by atoms with van der Waals surface area (Å²) in [7, 11) is 1.73. The van der Waals surface area contributed by atoms with E-state index in [-0.39, 0.29) is 12.3 Å². The SMILES string of the molecule is CCc1cc(C(=O)NC2(CC(=O)O)CCCCC2)n(C)n1. The second-order valence-corrected chi connectivity index (χ2v) is 5.86. The smallest absolute Gasteiger partial charge is 0.305 e. The zero-order valence-corrected chi connectivity index (χ0v) is 12.7. The summed E-state index contributed by atoms with van der Waals surface area (Å²) in [6.07, 6.45) is 5.22. The van der Waals surface area contributed by atoms with Gasteiger partial charge in [-0.3, -0.25) is 14.3 Å². The van der Waals surface area contributed by atoms with Gasteiger partial charge in [-0.25, -0.2) is 0 Å². The first kappa shape index (κ1) is 15.5. The van der Waals surface area contributed by atoms with Crippen LogP contribution in [0.2, 0.25) is 0 Å². The third-order valence-corrected chi connectivity index (χ3v) is 4.20. The van der Waals surface area contributed by atoms with Gasteiger partial charge in [-0.2, -0.15) is 5.10 Å². The van der Waals surface area contributed by atoms with E-state index >= 15 is 0 Å². The quantitative estimate of drug-likeness (QED) is 0.868. The number of carbonyl (C=O) groups excluding carboxylic acids is 1. The lowest BCUT2D eigenvalue weighted by molar-refractivity contribution is -0.139. The maximum Gasteiger partial charge on any atom is 0.305 e. The van der Waals surface area contributed by atoms with Crippen molar-refractivity contribution in [2.24, 2.45) is 7.05 Å². The Labute approximate surface area is 124 Å². The molecule has 116 valence electrons. The fourth-order valence-corrected chi connectivity index (χ4v) is 3.08. The largest absolute Gasteiger partial charge is 0.481 e. The zero-order chi connectivity index (χ0) is 15.5. The van der Waals surface area contributed by atoms with E-state index in [1.807, 2.05) is 6.92 Å². The second kappa shape index (κ2) is 6.28. The van der Waals surface area contributed by atoms with Crippen molar-refractivity contribution in [3.05, 3.63) is 17.5 Å². The number of nitrogens with one attached hydrogen (secondary N) is 1. The number of aromatic nitrogens is 2. The van der Waals surface area contributed by atoms with E-state index in [2.05, 4.69) is 10.4 Å². The number of nitrogens with zero attached hydrogens (tertiary/aromatic N) is 2. The molecule has 0 radical (unpaired) electrons. The zero-order valence-electron chi connectivity index (χ0n) is 12.7. The van der Waals surface area contributed by atoms with Crippen LogP contribution in [0.5, 0.6) is 0 Å². The Bertz CT molecular complexity index is 530. The number of hydrogen-bond donors (Lipinski definition) is 2. The lowest BCUT2D eigenvalue weighted by Gasteiger charge is -2.36. The Kier molecular flexibility index (Phi) is 4.65. The maximum absolute atomic E-state index is 12.5. The van der Waals surface area contributed by atoms with Crippen LogP contribution in [0.3, 0.4) is 0 Å². The van der Waals surface area contributed by atoms with Crippen LogP contribution in [0.1, 0.15) is 61.6 Å². The van der Waals surface area contributed by atoms with Gasteiger partial charge < -0.3 is 10.4 Å². The molecule has 0 bridgehead atoms. The molecule has 0 saturated heterocycles. The van der Waals surface area contributed by atoms with Crippen LogP contribution < -0.4 is 5.32 Å². The van der Waals surface area contributed by atoms with Crippen LogP contribution in [0.15, 0.2) is 6.07 Å². The first-order chi connectivity index (χ1) is 9.96. The van der Waals surface area contributed by atoms with Crippen molar-refractivity contribution in [2.45, 2.75) is 57.4 Å². The molecule has 0 aromatic carbocycles. The Morgan fingerprint density at radius 3 is 2.57 bits per heavy atom. The summed E-state index contributed by atoms with van der Waals surface area (Å²) in [6, 6.07) is 1.77. The van der Waals surface area contributed by atoms with Gasteiger partial charge in [0.25, 0.3) is 5.91 Å². The highest BCUT2D eigenvalue weighted by atomic mass is 16.4. The van der Waals surface area contributed by atoms with Gasteiger partial charge in [0.1, 0.15) is 5.69 Å². The Balaban J connectivity index is 2.17. The molecule has 21 heavy (non-hydrogen) atoms. The van der Waals surface area contributed by atoms with Gasteiger partial charge in [0.15, 0.2) is 0 Å². The van der Waals surface area contributed by atoms with Crippen LogP contribution >= 0.6 is 0 Å². The number of aryl methyl sites for hydroxylation is 2. The average molecular weight is 293 g/mol. The van der Waals surface area contributed by atoms with Gasteiger partial charge in [-0.05, 0) is 25.3 Å². The minimum Gasteiger partial charge on any atom is -0.481 e. The summed E-state index contributed by atoms with van der Waals surface area (Å²) in [5.41, 5.74) is 0.735. The van der Waals surface area contributed by atoms with Gasteiger partial charge in [-0.1, -0.05) is 26.2 Å². The molecule has 1 aromatic rings. The highest BCUT2D eigenvalue weighted by Crippen LogP contribution is 2.31. The molecule has 1 aliphatic rings. The third kappa shape index (κ3) is 3.62. The number of carbonyl (C=O) groups is 2. The van der Waals surface area contributed by atoms with Crippen LogP contribution in [0.4, 0.5) is 0 Å². The summed E-state index contributed by atoms with van der Waals surface area (Å²) < 4.78 is 1.56. The first-order valence-corrected chi connectivity index (χ1v) is 7.53. The van der Waals surface area contributed by atoms with Crippen molar-refractivity contribution in [1.29, 1.82) is 0 Å². The van der Waals surface area contributed by atoms with Crippen LogP contribution in [-0.2, 0) is 18.3 Å². The average Bonchev–Trinajstić information content (AvgIpc) is 2.80. The summed E-state index contributed by atoms with van der Waals surface area (Å²) in [6.45, 7) is 1.98. The molecule has 1 aliphatic carbocycles. The molecule has 1 aromatic heterocycles. The summed E-state index contributed by atoms with van der Waals surface area (Å²) in [4.78, 5) is 23.6. The number of hydrogen-bond acceptors (Lipinski definition) is 3. The van der Waals surface area contributed by atoms with Crippen molar-refractivity contribution in [3.8, 4) is 0 Å². The van der Waals surface area contributed by atoms with Crippen LogP contribution in [0, 0.1) is 0 Å². The van der Waals surface area contributed by atoms with Gasteiger partial charge in [-0.15, -0.1) is 0 Å². The lowest BCUT2D eigenvalue weighted by atomic mass is 9.79. The Hall–Kier alpha value is -1.85. The molecule has 1 amide bonds. The lowest BCUT2D eigenvalue weighted by Crippen LogP contribution is -2.51. The topological polar surface area (TPSA) is 84.2 Å². The molecule has 0 atom stereocenters. The van der Waals surface area contributed by atoms with Gasteiger partial charge in [0, 0.05) is 7.05 Å². The van der Waals surface area contributed by atoms with E-state index in [1.54, 1.807) is 17.8 Å². The maximum atomic E-state index is 12.5. The minimum atomic E-state index is -0.864. The third-order valence-electron chi connectivity index (χ3n) is 4.20. The fourth-order valence-electron chi connectivity index (χ4n) is 3.08. The number of carboxylic acids is 1. The highest BCUT2D eigenvalue weighted by Gasteiger charge is 2.36. The van der Waals surface area contributed by atoms with Crippen LogP contribution in [-0.4, -0.2) is 32.3 Å². The summed E-state index contributed by atoms with van der Waals surface area (Å²) in [5, 5.41) is 16.4. The van der Waals surface area contributed by atoms with Gasteiger partial charge in [0.2, 0.25) is 0 Å². The van der Waals surface area contributed by atoms with E-state index in [4.69, 9.17) is 5.11 Å². The number of rotatable bonds is 5. The first-order valence-electron chi connectivity index (χ1n) is 7.53. The molecule has 2 N–H and O–H groups in total. The number of carboxylic acid groups (broad SMARTS) is 1. The van der Waals surface area contributed by atoms with Crippen molar-refractivity contribution in [3.63, 3.8) is 0 Å². The minimum absolute atomic E-state index is 0.0166. The molecule has 1 heterocycles. The van der Waals surface area contributed by atoms with E-state index in [1.165, 1.54) is 0 Å². The van der Waals surface area contributed by atoms with E-state index in [0.717, 1.165) is 44.2 Å². The monoisotopic (exact) mass is 293 g/mol. The second-order valence-electron chi connectivity index (χ2n) is 5.86. The normalized spacial score (nSPS) is 17.4. The van der Waals surface area contributed by atoms with Gasteiger partial charge in [0.05, 0.1) is 17.7 Å². The van der Waals surface area contributed by atoms with E-state index < -0.39 is 11.5 Å². The molecular formula is C15H23N3O3. The molecule has 0 unspecified atom stereocenters. The Morgan fingerprint density at radius 1 is 1.38 bits per heavy atom. The molecular weight excluding hydrogens is 270 g/mol. The standard InChI is InChI=1S/C15H23N3O3/c1-3-11-9-12(18(2)17-11)14(21)16-15(10-13(19)20)7-5-4-6-8-15/h9H,3-8,10H2,1-2H3,(H,16,21)(H,19,20). The fraction of sp³-hybridized carbons (Fsp3) is 0.667. The summed E-state index contributed by atoms with van der Waals surface area (Å²) >= 11 is 0. The van der Waals surface area contributed by atoms with Gasteiger partial charge >= 0.3 is 5.97 Å². The molecule has 0 spiro atoms. The van der Waals surface area contributed by atoms with Crippen molar-refractivity contribution < 1.29 is 14.7 Å². The van der Waals surface area contributed by atoms with Crippen LogP contribution in [0.25, 0.3) is 0 Å². The number of aliphatic carboxylic acids is 1. The van der Waals surface area contributed by atoms with Crippen molar-refractivity contribution in [2.75, 3.05) is 0 Å². The summed E-state index contributed by atoms with van der Waals surface area (Å²) in [5.74, 6) is -1.09. The molecule has 0 aliphatic heterocycles.